The highest BCUT2D eigenvalue weighted by Gasteiger charge is 2.23. The summed E-state index contributed by atoms with van der Waals surface area (Å²) >= 11 is 0. The number of aliphatic carboxylic acids is 1. The summed E-state index contributed by atoms with van der Waals surface area (Å²) in [6.45, 7) is 3.41. The molecule has 0 aliphatic heterocycles. The van der Waals surface area contributed by atoms with Crippen molar-refractivity contribution >= 4 is 17.8 Å². The second-order valence-electron chi connectivity index (χ2n) is 4.47. The predicted molar refractivity (Wildman–Crippen MR) is 68.7 cm³/mol. The van der Waals surface area contributed by atoms with Gasteiger partial charge in [0, 0.05) is 11.1 Å². The van der Waals surface area contributed by atoms with Gasteiger partial charge in [0.2, 0.25) is 5.91 Å². The van der Waals surface area contributed by atoms with E-state index in [1.165, 1.54) is 24.3 Å². The summed E-state index contributed by atoms with van der Waals surface area (Å²) in [6, 6.07) is 4.73. The van der Waals surface area contributed by atoms with Gasteiger partial charge in [-0.05, 0) is 30.2 Å². The SMILES string of the molecule is CC(C)[C@H](NC(=O)c1ccc(C(N)=O)cc1)C(=O)O. The molecule has 0 spiro atoms. The van der Waals surface area contributed by atoms with Crippen LogP contribution >= 0.6 is 0 Å². The quantitative estimate of drug-likeness (QED) is 0.724. The van der Waals surface area contributed by atoms with Crippen LogP contribution in [0.4, 0.5) is 0 Å². The molecule has 0 aliphatic carbocycles. The molecule has 0 radical (unpaired) electrons. The minimum atomic E-state index is -1.09. The Hall–Kier alpha value is -2.37. The van der Waals surface area contributed by atoms with Crippen LogP contribution in [-0.4, -0.2) is 28.9 Å². The molecule has 0 heterocycles. The summed E-state index contributed by atoms with van der Waals surface area (Å²) in [5.74, 6) is -2.40. The van der Waals surface area contributed by atoms with Crippen molar-refractivity contribution in [1.82, 2.24) is 5.32 Å². The molecule has 6 nitrogen and oxygen atoms in total. The van der Waals surface area contributed by atoms with Crippen molar-refractivity contribution in [2.45, 2.75) is 19.9 Å². The van der Waals surface area contributed by atoms with E-state index in [2.05, 4.69) is 5.32 Å². The van der Waals surface area contributed by atoms with Crippen molar-refractivity contribution < 1.29 is 19.5 Å². The molecule has 0 aromatic heterocycles. The Morgan fingerprint density at radius 3 is 1.95 bits per heavy atom. The van der Waals surface area contributed by atoms with Gasteiger partial charge in [0.15, 0.2) is 0 Å². The summed E-state index contributed by atoms with van der Waals surface area (Å²) in [7, 11) is 0. The molecule has 1 aromatic rings. The number of nitrogens with one attached hydrogen (secondary N) is 1. The lowest BCUT2D eigenvalue weighted by Gasteiger charge is -2.17. The summed E-state index contributed by atoms with van der Waals surface area (Å²) in [6.07, 6.45) is 0. The van der Waals surface area contributed by atoms with Crippen LogP contribution in [0.15, 0.2) is 24.3 Å². The number of carbonyl (C=O) groups excluding carboxylic acids is 2. The number of carbonyl (C=O) groups is 3. The average molecular weight is 264 g/mol. The van der Waals surface area contributed by atoms with Gasteiger partial charge in [-0.25, -0.2) is 4.79 Å². The van der Waals surface area contributed by atoms with Crippen LogP contribution in [0.2, 0.25) is 0 Å². The lowest BCUT2D eigenvalue weighted by atomic mass is 10.0. The molecule has 1 aromatic carbocycles. The maximum absolute atomic E-state index is 11.9. The molecule has 19 heavy (non-hydrogen) atoms. The fourth-order valence-corrected chi connectivity index (χ4v) is 1.52. The molecule has 0 aliphatic rings. The van der Waals surface area contributed by atoms with Crippen LogP contribution in [0, 0.1) is 5.92 Å². The van der Waals surface area contributed by atoms with Crippen LogP contribution in [-0.2, 0) is 4.79 Å². The molecule has 4 N–H and O–H groups in total. The zero-order chi connectivity index (χ0) is 14.6. The van der Waals surface area contributed by atoms with E-state index in [1.807, 2.05) is 0 Å². The number of amides is 2. The van der Waals surface area contributed by atoms with Gasteiger partial charge in [-0.2, -0.15) is 0 Å². The predicted octanol–water partition coefficient (Wildman–Crippen LogP) is 0.624. The highest BCUT2D eigenvalue weighted by molar-refractivity contribution is 5.98. The molecule has 6 heteroatoms. The average Bonchev–Trinajstić information content (AvgIpc) is 2.34. The number of carboxylic acids is 1. The normalized spacial score (nSPS) is 11.9. The molecule has 1 rings (SSSR count). The zero-order valence-electron chi connectivity index (χ0n) is 10.7. The molecular weight excluding hydrogens is 248 g/mol. The molecule has 0 saturated heterocycles. The molecule has 1 atom stereocenters. The minimum absolute atomic E-state index is 0.230. The smallest absolute Gasteiger partial charge is 0.326 e. The highest BCUT2D eigenvalue weighted by atomic mass is 16.4. The fraction of sp³-hybridized carbons (Fsp3) is 0.308. The van der Waals surface area contributed by atoms with Gasteiger partial charge in [-0.1, -0.05) is 13.8 Å². The first-order chi connectivity index (χ1) is 8.82. The summed E-state index contributed by atoms with van der Waals surface area (Å²) in [5, 5.41) is 11.4. The van der Waals surface area contributed by atoms with Crippen molar-refractivity contribution in [2.24, 2.45) is 11.7 Å². The van der Waals surface area contributed by atoms with Crippen molar-refractivity contribution in [3.63, 3.8) is 0 Å². The van der Waals surface area contributed by atoms with Crippen LogP contribution in [0.5, 0.6) is 0 Å². The van der Waals surface area contributed by atoms with Crippen LogP contribution in [0.1, 0.15) is 34.6 Å². The molecule has 0 saturated carbocycles. The van der Waals surface area contributed by atoms with Gasteiger partial charge >= 0.3 is 5.97 Å². The van der Waals surface area contributed by atoms with E-state index in [0.717, 1.165) is 0 Å². The monoisotopic (exact) mass is 264 g/mol. The lowest BCUT2D eigenvalue weighted by Crippen LogP contribution is -2.44. The Bertz CT molecular complexity index is 494. The van der Waals surface area contributed by atoms with Gasteiger partial charge in [0.1, 0.15) is 6.04 Å². The number of nitrogens with two attached hydrogens (primary N) is 1. The molecule has 0 unspecified atom stereocenters. The van der Waals surface area contributed by atoms with Gasteiger partial charge in [-0.3, -0.25) is 9.59 Å². The summed E-state index contributed by atoms with van der Waals surface area (Å²) in [4.78, 5) is 33.7. The van der Waals surface area contributed by atoms with Gasteiger partial charge < -0.3 is 16.2 Å². The zero-order valence-corrected chi connectivity index (χ0v) is 10.7. The summed E-state index contributed by atoms with van der Waals surface area (Å²) in [5.41, 5.74) is 5.65. The molecule has 0 bridgehead atoms. The largest absolute Gasteiger partial charge is 0.480 e. The first-order valence-corrected chi connectivity index (χ1v) is 5.76. The topological polar surface area (TPSA) is 109 Å². The van der Waals surface area contributed by atoms with Gasteiger partial charge in [0.25, 0.3) is 5.91 Å². The van der Waals surface area contributed by atoms with Gasteiger partial charge in [0.05, 0.1) is 0 Å². The first kappa shape index (κ1) is 14.7. The summed E-state index contributed by atoms with van der Waals surface area (Å²) < 4.78 is 0. The van der Waals surface area contributed by atoms with Crippen molar-refractivity contribution in [1.29, 1.82) is 0 Å². The van der Waals surface area contributed by atoms with E-state index in [4.69, 9.17) is 10.8 Å². The standard InChI is InChI=1S/C13H16N2O4/c1-7(2)10(13(18)19)15-12(17)9-5-3-8(4-6-9)11(14)16/h3-7,10H,1-2H3,(H2,14,16)(H,15,17)(H,18,19)/t10-/m0/s1. The Morgan fingerprint density at radius 1 is 1.11 bits per heavy atom. The second-order valence-corrected chi connectivity index (χ2v) is 4.47. The molecule has 102 valence electrons. The van der Waals surface area contributed by atoms with Crippen LogP contribution in [0.25, 0.3) is 0 Å². The number of carboxylic acid groups (broad SMARTS) is 1. The van der Waals surface area contributed by atoms with E-state index in [1.54, 1.807) is 13.8 Å². The Morgan fingerprint density at radius 2 is 1.58 bits per heavy atom. The number of benzene rings is 1. The van der Waals surface area contributed by atoms with Crippen molar-refractivity contribution in [2.75, 3.05) is 0 Å². The molecular formula is C13H16N2O4. The minimum Gasteiger partial charge on any atom is -0.480 e. The van der Waals surface area contributed by atoms with Gasteiger partial charge in [-0.15, -0.1) is 0 Å². The third-order valence-electron chi connectivity index (χ3n) is 2.65. The maximum Gasteiger partial charge on any atom is 0.326 e. The Labute approximate surface area is 110 Å². The van der Waals surface area contributed by atoms with Crippen molar-refractivity contribution in [3.05, 3.63) is 35.4 Å². The van der Waals surface area contributed by atoms with E-state index in [0.29, 0.717) is 0 Å². The van der Waals surface area contributed by atoms with E-state index >= 15 is 0 Å². The number of primary amides is 1. The van der Waals surface area contributed by atoms with E-state index < -0.39 is 23.8 Å². The van der Waals surface area contributed by atoms with Crippen LogP contribution in [0.3, 0.4) is 0 Å². The second kappa shape index (κ2) is 5.99. The molecule has 2 amide bonds. The maximum atomic E-state index is 11.9. The highest BCUT2D eigenvalue weighted by Crippen LogP contribution is 2.07. The van der Waals surface area contributed by atoms with E-state index in [9.17, 15) is 14.4 Å². The fourth-order valence-electron chi connectivity index (χ4n) is 1.52. The Balaban J connectivity index is 2.83. The number of hydrogen-bond donors (Lipinski definition) is 3. The van der Waals surface area contributed by atoms with Crippen LogP contribution < -0.4 is 11.1 Å². The lowest BCUT2D eigenvalue weighted by molar-refractivity contribution is -0.140. The van der Waals surface area contributed by atoms with Crippen molar-refractivity contribution in [3.8, 4) is 0 Å². The first-order valence-electron chi connectivity index (χ1n) is 5.76. The third-order valence-corrected chi connectivity index (χ3v) is 2.65. The number of hydrogen-bond acceptors (Lipinski definition) is 3. The third kappa shape index (κ3) is 3.80. The molecule has 0 fully saturated rings. The van der Waals surface area contributed by atoms with E-state index in [-0.39, 0.29) is 17.0 Å². The Kier molecular flexibility index (Phi) is 4.63. The number of rotatable bonds is 5.